The Bertz CT molecular complexity index is 1460. The number of halogens is 4. The van der Waals surface area contributed by atoms with Crippen molar-refractivity contribution in [3.8, 4) is 0 Å². The molecule has 3 aromatic rings. The van der Waals surface area contributed by atoms with Crippen LogP contribution in [-0.2, 0) is 17.4 Å². The molecule has 2 aliphatic rings. The molecule has 0 fully saturated rings. The fourth-order valence-electron chi connectivity index (χ4n) is 4.42. The lowest BCUT2D eigenvalue weighted by atomic mass is 9.94. The van der Waals surface area contributed by atoms with Crippen LogP contribution < -0.4 is 15.5 Å². The lowest BCUT2D eigenvalue weighted by molar-refractivity contribution is -0.137. The van der Waals surface area contributed by atoms with Gasteiger partial charge in [0.25, 0.3) is 0 Å². The highest BCUT2D eigenvalue weighted by molar-refractivity contribution is 6.36. The smallest absolute Gasteiger partial charge is 0.357 e. The number of aromatic nitrogens is 2. The van der Waals surface area contributed by atoms with Gasteiger partial charge >= 0.3 is 6.18 Å². The SMILES string of the molecule is CNc1ncc2c(n1)N1CCN=C1C(c1cc(NC(=O)Cc3cccc(C(F)(F)F)c3)c(F)cc1C)=C2. The molecule has 0 saturated heterocycles. The van der Waals surface area contributed by atoms with Gasteiger partial charge in [-0.1, -0.05) is 18.2 Å². The second-order valence-electron chi connectivity index (χ2n) is 8.71. The Morgan fingerprint density at radius 2 is 2.00 bits per heavy atom. The maximum absolute atomic E-state index is 14.9. The first kappa shape index (κ1) is 24.4. The molecule has 7 nitrogen and oxygen atoms in total. The zero-order valence-electron chi connectivity index (χ0n) is 19.9. The molecule has 0 saturated carbocycles. The zero-order chi connectivity index (χ0) is 26.3. The van der Waals surface area contributed by atoms with Crippen LogP contribution in [-0.4, -0.2) is 41.8 Å². The van der Waals surface area contributed by atoms with Crippen LogP contribution in [0.1, 0.15) is 27.8 Å². The van der Waals surface area contributed by atoms with E-state index in [9.17, 15) is 22.4 Å². The van der Waals surface area contributed by atoms with Gasteiger partial charge in [0.2, 0.25) is 11.9 Å². The molecule has 0 spiro atoms. The van der Waals surface area contributed by atoms with E-state index in [1.807, 2.05) is 11.0 Å². The molecule has 0 aliphatic carbocycles. The Morgan fingerprint density at radius 3 is 2.76 bits per heavy atom. The fourth-order valence-corrected chi connectivity index (χ4v) is 4.42. The second kappa shape index (κ2) is 9.30. The summed E-state index contributed by atoms with van der Waals surface area (Å²) in [6, 6.07) is 7.34. The van der Waals surface area contributed by atoms with Crippen LogP contribution in [0.4, 0.5) is 35.0 Å². The third kappa shape index (κ3) is 4.76. The van der Waals surface area contributed by atoms with Crippen LogP contribution >= 0.6 is 0 Å². The quantitative estimate of drug-likeness (QED) is 0.476. The molecule has 1 amide bonds. The zero-order valence-corrected chi connectivity index (χ0v) is 19.9. The Balaban J connectivity index is 1.46. The number of aryl methyl sites for hydroxylation is 1. The molecule has 0 unspecified atom stereocenters. The van der Waals surface area contributed by atoms with Crippen molar-refractivity contribution < 1.29 is 22.4 Å². The van der Waals surface area contributed by atoms with Gasteiger partial charge in [-0.05, 0) is 47.9 Å². The average Bonchev–Trinajstić information content (AvgIpc) is 3.35. The molecule has 190 valence electrons. The number of nitrogens with one attached hydrogen (secondary N) is 2. The predicted octanol–water partition coefficient (Wildman–Crippen LogP) is 4.94. The summed E-state index contributed by atoms with van der Waals surface area (Å²) in [7, 11) is 1.73. The Kier molecular flexibility index (Phi) is 6.14. The van der Waals surface area contributed by atoms with Crippen molar-refractivity contribution in [2.24, 2.45) is 4.99 Å². The van der Waals surface area contributed by atoms with Gasteiger partial charge in [-0.15, -0.1) is 0 Å². The molecule has 2 aromatic carbocycles. The van der Waals surface area contributed by atoms with Crippen LogP contribution in [0.5, 0.6) is 0 Å². The lowest BCUT2D eigenvalue weighted by Crippen LogP contribution is -2.32. The molecule has 37 heavy (non-hydrogen) atoms. The van der Waals surface area contributed by atoms with Crippen molar-refractivity contribution in [3.63, 3.8) is 0 Å². The fraction of sp³-hybridized carbons (Fsp3) is 0.231. The van der Waals surface area contributed by atoms with E-state index in [1.165, 1.54) is 24.3 Å². The van der Waals surface area contributed by atoms with Crippen LogP contribution in [0.25, 0.3) is 11.6 Å². The van der Waals surface area contributed by atoms with E-state index in [4.69, 9.17) is 0 Å². The second-order valence-corrected chi connectivity index (χ2v) is 8.71. The Labute approximate surface area is 210 Å². The van der Waals surface area contributed by atoms with Crippen molar-refractivity contribution in [1.82, 2.24) is 9.97 Å². The first-order chi connectivity index (χ1) is 17.6. The van der Waals surface area contributed by atoms with Crippen LogP contribution in [0.15, 0.2) is 47.6 Å². The molecular weight excluding hydrogens is 488 g/mol. The Morgan fingerprint density at radius 1 is 1.19 bits per heavy atom. The van der Waals surface area contributed by atoms with Gasteiger partial charge in [0, 0.05) is 30.9 Å². The minimum absolute atomic E-state index is 0.0730. The summed E-state index contributed by atoms with van der Waals surface area (Å²) in [4.78, 5) is 28.1. The van der Waals surface area contributed by atoms with E-state index in [0.717, 1.165) is 23.3 Å². The van der Waals surface area contributed by atoms with Gasteiger partial charge in [-0.25, -0.2) is 9.37 Å². The van der Waals surface area contributed by atoms with Crippen molar-refractivity contribution in [2.45, 2.75) is 19.5 Å². The number of hydrogen-bond acceptors (Lipinski definition) is 6. The molecule has 3 heterocycles. The van der Waals surface area contributed by atoms with E-state index in [1.54, 1.807) is 20.2 Å². The lowest BCUT2D eigenvalue weighted by Gasteiger charge is -2.28. The van der Waals surface area contributed by atoms with Crippen LogP contribution in [0.2, 0.25) is 0 Å². The van der Waals surface area contributed by atoms with Crippen molar-refractivity contribution in [3.05, 3.63) is 76.2 Å². The number of benzene rings is 2. The summed E-state index contributed by atoms with van der Waals surface area (Å²) in [5.74, 6) is 0.593. The van der Waals surface area contributed by atoms with E-state index < -0.39 is 23.5 Å². The third-order valence-corrected chi connectivity index (χ3v) is 6.15. The number of alkyl halides is 3. The molecule has 11 heteroatoms. The number of nitrogens with zero attached hydrogens (tertiary/aromatic N) is 4. The highest BCUT2D eigenvalue weighted by atomic mass is 19.4. The van der Waals surface area contributed by atoms with Crippen molar-refractivity contribution >= 4 is 40.8 Å². The number of amides is 1. The number of carbonyl (C=O) groups excluding carboxylic acids is 1. The molecule has 0 atom stereocenters. The highest BCUT2D eigenvalue weighted by Gasteiger charge is 2.32. The first-order valence-electron chi connectivity index (χ1n) is 11.5. The van der Waals surface area contributed by atoms with E-state index >= 15 is 0 Å². The van der Waals surface area contributed by atoms with Gasteiger partial charge in [0.15, 0.2) is 0 Å². The van der Waals surface area contributed by atoms with Crippen LogP contribution in [0.3, 0.4) is 0 Å². The largest absolute Gasteiger partial charge is 0.416 e. The maximum Gasteiger partial charge on any atom is 0.416 e. The van der Waals surface area contributed by atoms with E-state index in [0.29, 0.717) is 41.8 Å². The van der Waals surface area contributed by atoms with Gasteiger partial charge in [-0.3, -0.25) is 9.79 Å². The average molecular weight is 510 g/mol. The number of hydrogen-bond donors (Lipinski definition) is 2. The number of carbonyl (C=O) groups is 1. The normalized spacial score (nSPS) is 14.5. The number of aliphatic imine (C=N–C) groups is 1. The van der Waals surface area contributed by atoms with Gasteiger partial charge < -0.3 is 15.5 Å². The summed E-state index contributed by atoms with van der Waals surface area (Å²) in [5.41, 5.74) is 2.04. The first-order valence-corrected chi connectivity index (χ1v) is 11.5. The van der Waals surface area contributed by atoms with E-state index in [2.05, 4.69) is 25.6 Å². The molecule has 2 aliphatic heterocycles. The van der Waals surface area contributed by atoms with Gasteiger partial charge in [0.05, 0.1) is 24.2 Å². The van der Waals surface area contributed by atoms with E-state index in [-0.39, 0.29) is 17.7 Å². The minimum Gasteiger partial charge on any atom is -0.357 e. The molecule has 1 aromatic heterocycles. The summed E-state index contributed by atoms with van der Waals surface area (Å²) < 4.78 is 53.9. The van der Waals surface area contributed by atoms with Crippen molar-refractivity contribution in [2.75, 3.05) is 35.7 Å². The van der Waals surface area contributed by atoms with Gasteiger partial charge in [0.1, 0.15) is 17.5 Å². The number of rotatable bonds is 5. The monoisotopic (exact) mass is 510 g/mol. The summed E-state index contributed by atoms with van der Waals surface area (Å²) >= 11 is 0. The number of anilines is 3. The predicted molar refractivity (Wildman–Crippen MR) is 134 cm³/mol. The minimum atomic E-state index is -4.52. The Hall–Kier alpha value is -4.28. The topological polar surface area (TPSA) is 82.5 Å². The summed E-state index contributed by atoms with van der Waals surface area (Å²) in [6.07, 6.45) is -1.29. The molecule has 5 rings (SSSR count). The molecule has 0 bridgehead atoms. The molecule has 0 radical (unpaired) electrons. The molecule has 2 N–H and O–H groups in total. The number of fused-ring (bicyclic) bond motifs is 3. The standard InChI is InChI=1S/C26H22F4N6O/c1-14-8-20(27)21(34-22(37)10-15-4-3-5-17(9-15)26(28,29)30)12-18(14)19-11-16-13-33-25(31-2)35-23(16)36-7-6-32-24(19)36/h3-5,8-9,11-13H,6-7,10H2,1-2H3,(H,34,37)(H,31,33,35). The number of amidine groups is 1. The van der Waals surface area contributed by atoms with Crippen LogP contribution in [0, 0.1) is 12.7 Å². The summed E-state index contributed by atoms with van der Waals surface area (Å²) in [5, 5.41) is 5.43. The third-order valence-electron chi connectivity index (χ3n) is 6.15. The van der Waals surface area contributed by atoms with Crippen molar-refractivity contribution in [1.29, 1.82) is 0 Å². The molecular formula is C26H22F4N6O. The highest BCUT2D eigenvalue weighted by Crippen LogP contribution is 2.37. The summed E-state index contributed by atoms with van der Waals surface area (Å²) in [6.45, 7) is 2.94. The van der Waals surface area contributed by atoms with Gasteiger partial charge in [-0.2, -0.15) is 18.2 Å². The maximum atomic E-state index is 14.9.